The first-order valence-corrected chi connectivity index (χ1v) is 13.9. The molecule has 13 heteroatoms. The van der Waals surface area contributed by atoms with Crippen LogP contribution in [0.25, 0.3) is 0 Å². The number of halogens is 4. The molecule has 0 aliphatic rings. The number of nitrogens with one attached hydrogen (secondary N) is 1. The summed E-state index contributed by atoms with van der Waals surface area (Å²) in [5.41, 5.74) is 8.85. The Kier molecular flexibility index (Phi) is 39.7. The summed E-state index contributed by atoms with van der Waals surface area (Å²) in [5.74, 6) is 3.42. The van der Waals surface area contributed by atoms with E-state index in [2.05, 4.69) is 5.90 Å². The third-order valence-corrected chi connectivity index (χ3v) is 5.65. The molecule has 42 heavy (non-hydrogen) atoms. The van der Waals surface area contributed by atoms with Gasteiger partial charge in [0, 0.05) is 37.8 Å². The van der Waals surface area contributed by atoms with E-state index in [1.807, 2.05) is 60.7 Å². The number of amides is 1. The van der Waals surface area contributed by atoms with Crippen LogP contribution in [0.15, 0.2) is 60.7 Å². The van der Waals surface area contributed by atoms with E-state index in [0.29, 0.717) is 32.1 Å². The Bertz CT molecular complexity index is 911. The molecule has 0 aliphatic heterocycles. The molecule has 0 fully saturated rings. The van der Waals surface area contributed by atoms with Crippen LogP contribution in [0.1, 0.15) is 82.6 Å². The largest absolute Gasteiger partial charge is 0.399 e. The smallest absolute Gasteiger partial charge is 0.243 e. The van der Waals surface area contributed by atoms with Gasteiger partial charge in [-0.15, -0.1) is 36.4 Å². The molecule has 2 aromatic rings. The van der Waals surface area contributed by atoms with E-state index in [0.717, 1.165) is 62.6 Å². The number of nitrogen functional groups attached to an aromatic ring is 1. The van der Waals surface area contributed by atoms with Gasteiger partial charge in [0.05, 0.1) is 0 Å². The Labute approximate surface area is 282 Å². The van der Waals surface area contributed by atoms with Gasteiger partial charge in [0.25, 0.3) is 0 Å². The fourth-order valence-electron chi connectivity index (χ4n) is 3.26. The van der Waals surface area contributed by atoms with Crippen LogP contribution < -0.4 is 17.1 Å². The first-order valence-electron chi connectivity index (χ1n) is 13.2. The number of anilines is 1. The van der Waals surface area contributed by atoms with E-state index in [1.165, 1.54) is 0 Å². The number of carbonyl (C=O) groups is 4. The molecule has 2 aromatic carbocycles. The lowest BCUT2D eigenvalue weighted by Gasteiger charge is -2.02. The highest BCUT2D eigenvalue weighted by Gasteiger charge is 2.04. The van der Waals surface area contributed by atoms with Gasteiger partial charge in [0.1, 0.15) is 5.78 Å². The minimum Gasteiger partial charge on any atom is -0.399 e. The van der Waals surface area contributed by atoms with Gasteiger partial charge in [-0.3, -0.25) is 24.4 Å². The van der Waals surface area contributed by atoms with Gasteiger partial charge in [-0.2, -0.15) is 0 Å². The molecular weight excluding hydrogens is 720 g/mol. The van der Waals surface area contributed by atoms with Crippen molar-refractivity contribution in [1.29, 1.82) is 0 Å². The molecular formula is C29H45Cl3IN3O6. The zero-order chi connectivity index (χ0) is 30.4. The molecule has 240 valence electrons. The fraction of sp³-hybridized carbons (Fsp3) is 0.448. The first-order chi connectivity index (χ1) is 19.2. The van der Waals surface area contributed by atoms with E-state index in [-0.39, 0.29) is 58.6 Å². The van der Waals surface area contributed by atoms with Crippen LogP contribution in [0.4, 0.5) is 5.69 Å². The number of Topliss-reactive ketones (excluding diaryl/α,β-unsaturated/α-hetero) is 1. The molecule has 0 aliphatic carbocycles. The molecule has 0 bridgehead atoms. The predicted octanol–water partition coefficient (Wildman–Crippen LogP) is 7.14. The van der Waals surface area contributed by atoms with Crippen molar-refractivity contribution in [3.8, 4) is 0 Å². The molecule has 0 aromatic heterocycles. The van der Waals surface area contributed by atoms with E-state index in [9.17, 15) is 19.2 Å². The highest BCUT2D eigenvalue weighted by atomic mass is 127. The summed E-state index contributed by atoms with van der Waals surface area (Å²) in [6.45, 7) is 0. The molecule has 1 amide bonds. The van der Waals surface area contributed by atoms with Crippen LogP contribution in [0.2, 0.25) is 0 Å². The molecule has 2 rings (SSSR count). The normalized spacial score (nSPS) is 8.98. The number of para-hydroxylation sites is 1. The van der Waals surface area contributed by atoms with Crippen molar-refractivity contribution < 1.29 is 29.6 Å². The number of ketones is 1. The Morgan fingerprint density at radius 1 is 0.643 bits per heavy atom. The van der Waals surface area contributed by atoms with Crippen LogP contribution in [-0.4, -0.2) is 32.6 Å². The minimum atomic E-state index is -0.347. The van der Waals surface area contributed by atoms with E-state index in [1.54, 1.807) is 5.48 Å². The molecule has 7 N–H and O–H groups in total. The Morgan fingerprint density at radius 3 is 1.38 bits per heavy atom. The van der Waals surface area contributed by atoms with Crippen LogP contribution in [0.3, 0.4) is 0 Å². The van der Waals surface area contributed by atoms with Gasteiger partial charge in [-0.05, 0) is 66.6 Å². The monoisotopic (exact) mass is 763 g/mol. The van der Waals surface area contributed by atoms with Gasteiger partial charge in [-0.25, -0.2) is 11.4 Å². The molecule has 0 saturated heterocycles. The Balaban J connectivity index is -0.000000269. The van der Waals surface area contributed by atoms with Crippen molar-refractivity contribution in [2.45, 2.75) is 83.5 Å². The summed E-state index contributed by atoms with van der Waals surface area (Å²) in [7, 11) is 0. The highest BCUT2D eigenvalue weighted by molar-refractivity contribution is 14.0. The average molecular weight is 765 g/mol. The molecule has 0 spiro atoms. The first kappa shape index (κ1) is 47.1. The maximum Gasteiger partial charge on any atom is 0.243 e. The predicted molar refractivity (Wildman–Crippen MR) is 182 cm³/mol. The van der Waals surface area contributed by atoms with Crippen molar-refractivity contribution in [2.75, 3.05) is 5.73 Å². The van der Waals surface area contributed by atoms with E-state index >= 15 is 0 Å². The van der Waals surface area contributed by atoms with Gasteiger partial charge < -0.3 is 10.9 Å². The molecule has 0 saturated carbocycles. The van der Waals surface area contributed by atoms with Crippen LogP contribution in [0.5, 0.6) is 0 Å². The van der Waals surface area contributed by atoms with Crippen LogP contribution in [-0.2, 0) is 25.6 Å². The second-order valence-electron chi connectivity index (χ2n) is 8.69. The molecule has 9 nitrogen and oxygen atoms in total. The molecule has 0 atom stereocenters. The van der Waals surface area contributed by atoms with Crippen molar-refractivity contribution >= 4 is 87.4 Å². The number of hydroxylamine groups is 1. The maximum absolute atomic E-state index is 11.7. The van der Waals surface area contributed by atoms with Gasteiger partial charge in [0.15, 0.2) is 0 Å². The van der Waals surface area contributed by atoms with Gasteiger partial charge in [0.2, 0.25) is 16.4 Å². The topological polar surface area (TPSA) is 173 Å². The summed E-state index contributed by atoms with van der Waals surface area (Å²) in [4.78, 5) is 43.0. The number of hydrogen-bond acceptors (Lipinski definition) is 8. The zero-order valence-electron chi connectivity index (χ0n) is 23.7. The lowest BCUT2D eigenvalue weighted by Crippen LogP contribution is -2.17. The maximum atomic E-state index is 11.7. The average Bonchev–Trinajstić information content (AvgIpc) is 2.95. The number of unbranched alkanes of at least 4 members (excludes halogenated alkanes) is 6. The second kappa shape index (κ2) is 35.4. The van der Waals surface area contributed by atoms with Crippen LogP contribution >= 0.6 is 59.6 Å². The van der Waals surface area contributed by atoms with Crippen molar-refractivity contribution in [2.24, 2.45) is 5.90 Å². The summed E-state index contributed by atoms with van der Waals surface area (Å²) >= 11 is 10.3. The zero-order valence-corrected chi connectivity index (χ0v) is 28.4. The third-order valence-electron chi connectivity index (χ3n) is 5.27. The van der Waals surface area contributed by atoms with E-state index in [4.69, 9.17) is 39.4 Å². The second-order valence-corrected chi connectivity index (χ2v) is 9.53. The standard InChI is InChI=1S/C15H21NO3.C8H12Cl2O2.C6H7N.ClH.HI.H3NO/c17-14(12-13-8-4-3-5-9-13)10-6-1-2-7-11-15(18)16-19;9-7(11)5-3-1-2-4-6-8(10)12;7-6-4-2-1-3-5-6;;;1-2/h3-5,8-9,19H,1-2,6-7,10-12H2,(H,16,18);1-6H2;1-5H,7H2;2*1H;2H,1H2. The van der Waals surface area contributed by atoms with Gasteiger partial charge in [-0.1, -0.05) is 74.2 Å². The van der Waals surface area contributed by atoms with Crippen molar-refractivity contribution in [3.05, 3.63) is 66.2 Å². The quantitative estimate of drug-likeness (QED) is 0.0300. The lowest BCUT2D eigenvalue weighted by molar-refractivity contribution is -0.129. The Morgan fingerprint density at radius 2 is 1.02 bits per heavy atom. The van der Waals surface area contributed by atoms with Crippen LogP contribution in [0, 0.1) is 0 Å². The number of carbonyl (C=O) groups excluding carboxylic acids is 4. The number of benzene rings is 2. The van der Waals surface area contributed by atoms with Gasteiger partial charge >= 0.3 is 0 Å². The minimum absolute atomic E-state index is 0. The number of nitrogens with two attached hydrogens (primary N) is 2. The SMILES string of the molecule is Cl.I.NO.Nc1ccccc1.O=C(CCCCCCC(=O)NO)Cc1ccccc1.O=C(Cl)CCCCCCC(=O)Cl. The third kappa shape index (κ3) is 36.2. The van der Waals surface area contributed by atoms with Crippen molar-refractivity contribution in [1.82, 2.24) is 5.48 Å². The summed E-state index contributed by atoms with van der Waals surface area (Å²) in [5, 5.41) is 14.2. The lowest BCUT2D eigenvalue weighted by atomic mass is 10.0. The summed E-state index contributed by atoms with van der Waals surface area (Å²) in [6.07, 6.45) is 9.25. The fourth-order valence-corrected chi connectivity index (χ4v) is 3.53. The summed E-state index contributed by atoms with van der Waals surface area (Å²) in [6, 6.07) is 19.2. The molecule has 0 heterocycles. The highest BCUT2D eigenvalue weighted by Crippen LogP contribution is 2.09. The molecule has 0 radical (unpaired) electrons. The summed E-state index contributed by atoms with van der Waals surface area (Å²) < 4.78 is 0. The van der Waals surface area contributed by atoms with Crippen molar-refractivity contribution in [3.63, 3.8) is 0 Å². The number of hydrogen-bond donors (Lipinski definition) is 5. The Hall–Kier alpha value is -1.80. The van der Waals surface area contributed by atoms with E-state index < -0.39 is 0 Å². The number of rotatable bonds is 16. The molecule has 0 unspecified atom stereocenters.